The first-order chi connectivity index (χ1) is 9.73. The first-order valence-corrected chi connectivity index (χ1v) is 8.12. The second kappa shape index (κ2) is 5.66. The van der Waals surface area contributed by atoms with E-state index >= 15 is 0 Å². The summed E-state index contributed by atoms with van der Waals surface area (Å²) in [4.78, 5) is 21.3. The molecule has 0 bridgehead atoms. The summed E-state index contributed by atoms with van der Waals surface area (Å²) in [6, 6.07) is 0. The Hall–Kier alpha value is -1.20. The number of hydrogen-bond acceptors (Lipinski definition) is 4. The van der Waals surface area contributed by atoms with Gasteiger partial charge >= 0.3 is 0 Å². The summed E-state index contributed by atoms with van der Waals surface area (Å²) in [7, 11) is 0. The summed E-state index contributed by atoms with van der Waals surface area (Å²) in [5.41, 5.74) is -0.0810. The highest BCUT2D eigenvalue weighted by Gasteiger charge is 2.47. The van der Waals surface area contributed by atoms with Gasteiger partial charge in [0.05, 0.1) is 12.0 Å². The number of nitrogens with zero attached hydrogens (tertiary/aromatic N) is 3. The first-order valence-electron chi connectivity index (χ1n) is 7.24. The molecule has 0 saturated carbocycles. The van der Waals surface area contributed by atoms with Gasteiger partial charge in [0, 0.05) is 24.7 Å². The molecule has 2 fully saturated rings. The number of carbonyl (C=O) groups is 1. The number of piperidine rings is 1. The van der Waals surface area contributed by atoms with Crippen molar-refractivity contribution in [2.45, 2.75) is 25.8 Å². The van der Waals surface area contributed by atoms with E-state index in [0.717, 1.165) is 45.4 Å². The fraction of sp³-hybridized carbons (Fsp3) is 0.600. The van der Waals surface area contributed by atoms with Crippen molar-refractivity contribution in [2.75, 3.05) is 26.2 Å². The Balaban J connectivity index is 1.58. The van der Waals surface area contributed by atoms with Crippen LogP contribution in [0.3, 0.4) is 0 Å². The van der Waals surface area contributed by atoms with Gasteiger partial charge < -0.3 is 4.90 Å². The zero-order chi connectivity index (χ0) is 14.0. The normalized spacial score (nSPS) is 22.6. The molecule has 0 unspecified atom stereocenters. The van der Waals surface area contributed by atoms with E-state index in [4.69, 9.17) is 0 Å². The predicted molar refractivity (Wildman–Crippen MR) is 80.5 cm³/mol. The number of rotatable bonds is 4. The summed E-state index contributed by atoms with van der Waals surface area (Å²) >= 11 is 1.71. The molecule has 2 aliphatic rings. The molecule has 108 valence electrons. The van der Waals surface area contributed by atoms with Crippen molar-refractivity contribution in [3.8, 4) is 0 Å². The zero-order valence-electron chi connectivity index (χ0n) is 11.8. The van der Waals surface area contributed by atoms with Gasteiger partial charge in [-0.05, 0) is 32.4 Å². The summed E-state index contributed by atoms with van der Waals surface area (Å²) < 4.78 is 0. The van der Waals surface area contributed by atoms with E-state index in [0.29, 0.717) is 12.5 Å². The van der Waals surface area contributed by atoms with E-state index in [1.807, 2.05) is 22.6 Å². The fourth-order valence-electron chi connectivity index (χ4n) is 3.35. The Bertz CT molecular complexity index is 477. The lowest BCUT2D eigenvalue weighted by atomic mass is 9.77. The minimum Gasteiger partial charge on any atom is -0.338 e. The molecule has 1 aromatic rings. The number of hydrogen-bond donors (Lipinski definition) is 0. The molecule has 2 aliphatic heterocycles. The summed E-state index contributed by atoms with van der Waals surface area (Å²) in [6.07, 6.45) is 6.69. The van der Waals surface area contributed by atoms with Crippen molar-refractivity contribution < 1.29 is 4.79 Å². The molecule has 4 nitrogen and oxygen atoms in total. The van der Waals surface area contributed by atoms with Gasteiger partial charge in [-0.15, -0.1) is 17.9 Å². The third kappa shape index (κ3) is 2.52. The third-order valence-corrected chi connectivity index (χ3v) is 5.37. The minimum atomic E-state index is -0.0810. The van der Waals surface area contributed by atoms with Gasteiger partial charge in [-0.3, -0.25) is 9.69 Å². The maximum atomic E-state index is 12.5. The quantitative estimate of drug-likeness (QED) is 0.798. The van der Waals surface area contributed by atoms with Gasteiger partial charge in [-0.1, -0.05) is 6.08 Å². The Morgan fingerprint density at radius 1 is 1.35 bits per heavy atom. The van der Waals surface area contributed by atoms with Crippen LogP contribution in [0.15, 0.2) is 24.2 Å². The lowest BCUT2D eigenvalue weighted by molar-refractivity contribution is -0.138. The van der Waals surface area contributed by atoms with Gasteiger partial charge in [-0.2, -0.15) is 0 Å². The molecule has 20 heavy (non-hydrogen) atoms. The SMILES string of the molecule is C=CCN1CCC2(CCN(Cc3nccs3)CC2)C1=O. The van der Waals surface area contributed by atoms with Crippen molar-refractivity contribution in [1.29, 1.82) is 0 Å². The van der Waals surface area contributed by atoms with Crippen LogP contribution in [0.2, 0.25) is 0 Å². The van der Waals surface area contributed by atoms with E-state index in [1.165, 1.54) is 5.01 Å². The van der Waals surface area contributed by atoms with Crippen LogP contribution >= 0.6 is 11.3 Å². The maximum absolute atomic E-state index is 12.5. The highest BCUT2D eigenvalue weighted by Crippen LogP contribution is 2.41. The van der Waals surface area contributed by atoms with Crippen LogP contribution in [0.1, 0.15) is 24.3 Å². The number of carbonyl (C=O) groups excluding carboxylic acids is 1. The number of likely N-dealkylation sites (tertiary alicyclic amines) is 2. The van der Waals surface area contributed by atoms with E-state index in [2.05, 4.69) is 16.5 Å². The van der Waals surface area contributed by atoms with Crippen LogP contribution < -0.4 is 0 Å². The fourth-order valence-corrected chi connectivity index (χ4v) is 4.01. The van der Waals surface area contributed by atoms with Gasteiger partial charge in [0.25, 0.3) is 0 Å². The molecule has 2 saturated heterocycles. The van der Waals surface area contributed by atoms with Crippen molar-refractivity contribution in [3.63, 3.8) is 0 Å². The molecular formula is C15H21N3OS. The van der Waals surface area contributed by atoms with E-state index < -0.39 is 0 Å². The molecule has 0 radical (unpaired) electrons. The van der Waals surface area contributed by atoms with Crippen LogP contribution in [0.4, 0.5) is 0 Å². The summed E-state index contributed by atoms with van der Waals surface area (Å²) in [6.45, 7) is 8.28. The largest absolute Gasteiger partial charge is 0.338 e. The van der Waals surface area contributed by atoms with Crippen molar-refractivity contribution in [3.05, 3.63) is 29.2 Å². The van der Waals surface area contributed by atoms with E-state index in [-0.39, 0.29) is 5.41 Å². The Labute approximate surface area is 124 Å². The molecule has 0 aliphatic carbocycles. The smallest absolute Gasteiger partial charge is 0.229 e. The highest BCUT2D eigenvalue weighted by molar-refractivity contribution is 7.09. The average molecular weight is 291 g/mol. The van der Waals surface area contributed by atoms with Gasteiger partial charge in [-0.25, -0.2) is 4.98 Å². The standard InChI is InChI=1S/C15H21N3OS/c1-2-7-18-10-5-15(14(18)19)3-8-17(9-4-15)12-13-16-6-11-20-13/h2,6,11H,1,3-5,7-10,12H2. The molecular weight excluding hydrogens is 270 g/mol. The molecule has 0 aromatic carbocycles. The van der Waals surface area contributed by atoms with Crippen molar-refractivity contribution in [1.82, 2.24) is 14.8 Å². The van der Waals surface area contributed by atoms with Gasteiger partial charge in [0.1, 0.15) is 5.01 Å². The lowest BCUT2D eigenvalue weighted by Crippen LogP contribution is -2.44. The summed E-state index contributed by atoms with van der Waals surface area (Å²) in [5.74, 6) is 0.353. The minimum absolute atomic E-state index is 0.0810. The monoisotopic (exact) mass is 291 g/mol. The van der Waals surface area contributed by atoms with E-state index in [1.54, 1.807) is 11.3 Å². The second-order valence-corrected chi connectivity index (χ2v) is 6.75. The molecule has 1 amide bonds. The number of aromatic nitrogens is 1. The highest BCUT2D eigenvalue weighted by atomic mass is 32.1. The van der Waals surface area contributed by atoms with Crippen molar-refractivity contribution >= 4 is 17.2 Å². The molecule has 1 aromatic heterocycles. The third-order valence-electron chi connectivity index (χ3n) is 4.61. The lowest BCUT2D eigenvalue weighted by Gasteiger charge is -2.37. The summed E-state index contributed by atoms with van der Waals surface area (Å²) in [5, 5.41) is 3.20. The predicted octanol–water partition coefficient (Wildman–Crippen LogP) is 2.14. The van der Waals surface area contributed by atoms with Crippen LogP contribution in [0.25, 0.3) is 0 Å². The molecule has 1 spiro atoms. The van der Waals surface area contributed by atoms with Gasteiger partial charge in [0.2, 0.25) is 5.91 Å². The van der Waals surface area contributed by atoms with Crippen LogP contribution in [-0.2, 0) is 11.3 Å². The topological polar surface area (TPSA) is 36.4 Å². The van der Waals surface area contributed by atoms with Crippen LogP contribution in [-0.4, -0.2) is 46.9 Å². The number of thiazole rings is 1. The average Bonchev–Trinajstić information content (AvgIpc) is 3.06. The second-order valence-electron chi connectivity index (χ2n) is 5.77. The Morgan fingerprint density at radius 3 is 2.75 bits per heavy atom. The first kappa shape index (κ1) is 13.8. The maximum Gasteiger partial charge on any atom is 0.229 e. The molecule has 5 heteroatoms. The molecule has 0 atom stereocenters. The van der Waals surface area contributed by atoms with Crippen molar-refractivity contribution in [2.24, 2.45) is 5.41 Å². The molecule has 3 heterocycles. The number of amides is 1. The Kier molecular flexibility index (Phi) is 3.89. The van der Waals surface area contributed by atoms with E-state index in [9.17, 15) is 4.79 Å². The van der Waals surface area contributed by atoms with Gasteiger partial charge in [0.15, 0.2) is 0 Å². The Morgan fingerprint density at radius 2 is 2.10 bits per heavy atom. The molecule has 3 rings (SSSR count). The molecule has 0 N–H and O–H groups in total. The van der Waals surface area contributed by atoms with Crippen LogP contribution in [0, 0.1) is 5.41 Å². The van der Waals surface area contributed by atoms with Crippen LogP contribution in [0.5, 0.6) is 0 Å². The zero-order valence-corrected chi connectivity index (χ0v) is 12.6.